The molecule has 0 saturated heterocycles. The van der Waals surface area contributed by atoms with Gasteiger partial charge in [0.05, 0.1) is 6.61 Å². The highest BCUT2D eigenvalue weighted by atomic mass is 16.5. The van der Waals surface area contributed by atoms with Crippen molar-refractivity contribution >= 4 is 11.9 Å². The molecule has 1 heterocycles. The highest BCUT2D eigenvalue weighted by Crippen LogP contribution is 2.26. The molecule has 1 aliphatic heterocycles. The average Bonchev–Trinajstić information content (AvgIpc) is 3.15. The summed E-state index contributed by atoms with van der Waals surface area (Å²) >= 11 is 0. The quantitative estimate of drug-likeness (QED) is 0.465. The number of rotatable bonds is 5. The molecule has 0 bridgehead atoms. The van der Waals surface area contributed by atoms with Crippen molar-refractivity contribution in [3.05, 3.63) is 95.6 Å². The number of ether oxygens (including phenoxy) is 2. The fourth-order valence-corrected chi connectivity index (χ4v) is 2.91. The van der Waals surface area contributed by atoms with E-state index in [1.165, 1.54) is 0 Å². The van der Waals surface area contributed by atoms with E-state index < -0.39 is 0 Å². The van der Waals surface area contributed by atoms with Crippen molar-refractivity contribution in [1.29, 1.82) is 0 Å². The van der Waals surface area contributed by atoms with Crippen LogP contribution in [-0.4, -0.2) is 12.4 Å². The summed E-state index contributed by atoms with van der Waals surface area (Å²) in [4.78, 5) is 12.4. The van der Waals surface area contributed by atoms with Crippen molar-refractivity contribution in [3.8, 4) is 17.2 Å². The van der Waals surface area contributed by atoms with Gasteiger partial charge in [0.15, 0.2) is 5.78 Å². The molecule has 3 heteroatoms. The first-order valence-electron chi connectivity index (χ1n) is 8.59. The van der Waals surface area contributed by atoms with Gasteiger partial charge < -0.3 is 9.47 Å². The maximum absolute atomic E-state index is 12.4. The van der Waals surface area contributed by atoms with Crippen LogP contribution in [-0.2, 0) is 6.42 Å². The van der Waals surface area contributed by atoms with E-state index in [0.717, 1.165) is 34.8 Å². The normalized spacial score (nSPS) is 12.6. The lowest BCUT2D eigenvalue weighted by Gasteiger charge is -2.06. The zero-order valence-corrected chi connectivity index (χ0v) is 14.2. The van der Waals surface area contributed by atoms with Crippen molar-refractivity contribution in [2.24, 2.45) is 0 Å². The summed E-state index contributed by atoms with van der Waals surface area (Å²) in [5.74, 6) is 2.39. The van der Waals surface area contributed by atoms with Crippen LogP contribution in [0.1, 0.15) is 21.5 Å². The van der Waals surface area contributed by atoms with E-state index in [9.17, 15) is 4.79 Å². The molecule has 0 fully saturated rings. The van der Waals surface area contributed by atoms with Crippen LogP contribution < -0.4 is 9.47 Å². The highest BCUT2D eigenvalue weighted by Gasteiger charge is 2.13. The van der Waals surface area contributed by atoms with Crippen LogP contribution in [0.5, 0.6) is 17.2 Å². The molecule has 0 aliphatic carbocycles. The minimum absolute atomic E-state index is 0.0194. The molecule has 0 spiro atoms. The minimum Gasteiger partial charge on any atom is -0.493 e. The number of para-hydroxylation sites is 1. The lowest BCUT2D eigenvalue weighted by Crippen LogP contribution is -1.95. The fourth-order valence-electron chi connectivity index (χ4n) is 2.91. The molecule has 3 nitrogen and oxygen atoms in total. The first kappa shape index (κ1) is 16.2. The number of carbonyl (C=O) groups excluding carboxylic acids is 1. The standard InChI is InChI=1S/C23H18O3/c24-22(18-10-12-23-19(16-18)13-14-25-23)11-9-17-5-4-8-21(15-17)26-20-6-2-1-3-7-20/h1-12,15-16H,13-14H2. The lowest BCUT2D eigenvalue weighted by atomic mass is 10.0. The second-order valence-corrected chi connectivity index (χ2v) is 6.11. The van der Waals surface area contributed by atoms with Crippen LogP contribution in [0.3, 0.4) is 0 Å². The molecule has 26 heavy (non-hydrogen) atoms. The number of fused-ring (bicyclic) bond motifs is 1. The summed E-state index contributed by atoms with van der Waals surface area (Å²) < 4.78 is 11.3. The molecule has 0 atom stereocenters. The molecule has 128 valence electrons. The van der Waals surface area contributed by atoms with Crippen LogP contribution in [0, 0.1) is 0 Å². The van der Waals surface area contributed by atoms with Crippen LogP contribution in [0.25, 0.3) is 6.08 Å². The topological polar surface area (TPSA) is 35.5 Å². The van der Waals surface area contributed by atoms with Gasteiger partial charge in [0.2, 0.25) is 0 Å². The number of carbonyl (C=O) groups is 1. The predicted octanol–water partition coefficient (Wildman–Crippen LogP) is 5.31. The SMILES string of the molecule is O=C(C=Cc1cccc(Oc2ccccc2)c1)c1ccc2c(c1)CCO2. The van der Waals surface area contributed by atoms with Crippen LogP contribution in [0.15, 0.2) is 78.9 Å². The molecule has 0 N–H and O–H groups in total. The summed E-state index contributed by atoms with van der Waals surface area (Å²) in [6.45, 7) is 0.691. The van der Waals surface area contributed by atoms with Crippen LogP contribution >= 0.6 is 0 Å². The number of allylic oxidation sites excluding steroid dienone is 1. The Balaban J connectivity index is 1.48. The Labute approximate surface area is 152 Å². The predicted molar refractivity (Wildman–Crippen MR) is 102 cm³/mol. The van der Waals surface area contributed by atoms with Crippen LogP contribution in [0.2, 0.25) is 0 Å². The largest absolute Gasteiger partial charge is 0.493 e. The van der Waals surface area contributed by atoms with E-state index in [-0.39, 0.29) is 5.78 Å². The van der Waals surface area contributed by atoms with E-state index >= 15 is 0 Å². The van der Waals surface area contributed by atoms with Gasteiger partial charge in [0.1, 0.15) is 17.2 Å². The number of hydrogen-bond acceptors (Lipinski definition) is 3. The maximum atomic E-state index is 12.4. The third kappa shape index (κ3) is 3.67. The first-order chi connectivity index (χ1) is 12.8. The van der Waals surface area contributed by atoms with E-state index in [0.29, 0.717) is 12.2 Å². The molecule has 3 aromatic carbocycles. The molecule has 3 aromatic rings. The molecule has 1 aliphatic rings. The highest BCUT2D eigenvalue weighted by molar-refractivity contribution is 6.07. The first-order valence-corrected chi connectivity index (χ1v) is 8.59. The van der Waals surface area contributed by atoms with Crippen molar-refractivity contribution in [3.63, 3.8) is 0 Å². The third-order valence-electron chi connectivity index (χ3n) is 4.24. The Bertz CT molecular complexity index is 958. The fraction of sp³-hybridized carbons (Fsp3) is 0.0870. The molecule has 0 radical (unpaired) electrons. The van der Waals surface area contributed by atoms with Crippen molar-refractivity contribution < 1.29 is 14.3 Å². The van der Waals surface area contributed by atoms with Gasteiger partial charge in [-0.3, -0.25) is 4.79 Å². The van der Waals surface area contributed by atoms with Gasteiger partial charge in [-0.05, 0) is 59.7 Å². The van der Waals surface area contributed by atoms with Crippen molar-refractivity contribution in [1.82, 2.24) is 0 Å². The van der Waals surface area contributed by atoms with Gasteiger partial charge in [0, 0.05) is 12.0 Å². The molecular formula is C23H18O3. The molecule has 0 amide bonds. The van der Waals surface area contributed by atoms with Gasteiger partial charge in [-0.25, -0.2) is 0 Å². The lowest BCUT2D eigenvalue weighted by molar-refractivity contribution is 0.104. The van der Waals surface area contributed by atoms with Gasteiger partial charge in [0.25, 0.3) is 0 Å². The Morgan fingerprint density at radius 2 is 1.77 bits per heavy atom. The van der Waals surface area contributed by atoms with Crippen LogP contribution in [0.4, 0.5) is 0 Å². The van der Waals surface area contributed by atoms with E-state index in [1.807, 2.05) is 78.9 Å². The zero-order chi connectivity index (χ0) is 17.8. The number of ketones is 1. The maximum Gasteiger partial charge on any atom is 0.185 e. The molecule has 4 rings (SSSR count). The summed E-state index contributed by atoms with van der Waals surface area (Å²) in [5.41, 5.74) is 2.70. The van der Waals surface area contributed by atoms with E-state index in [4.69, 9.17) is 9.47 Å². The molecule has 0 saturated carbocycles. The molecule has 0 aromatic heterocycles. The third-order valence-corrected chi connectivity index (χ3v) is 4.24. The minimum atomic E-state index is -0.0194. The van der Waals surface area contributed by atoms with Crippen molar-refractivity contribution in [2.45, 2.75) is 6.42 Å². The van der Waals surface area contributed by atoms with Gasteiger partial charge >= 0.3 is 0 Å². The summed E-state index contributed by atoms with van der Waals surface area (Å²) in [5, 5.41) is 0. The second kappa shape index (κ2) is 7.28. The van der Waals surface area contributed by atoms with Crippen molar-refractivity contribution in [2.75, 3.05) is 6.61 Å². The number of hydrogen-bond donors (Lipinski definition) is 0. The monoisotopic (exact) mass is 342 g/mol. The smallest absolute Gasteiger partial charge is 0.185 e. The Hall–Kier alpha value is -3.33. The Kier molecular flexibility index (Phi) is 4.52. The molecule has 0 unspecified atom stereocenters. The van der Waals surface area contributed by atoms with Gasteiger partial charge in [-0.15, -0.1) is 0 Å². The van der Waals surface area contributed by atoms with Gasteiger partial charge in [-0.1, -0.05) is 36.4 Å². The Morgan fingerprint density at radius 3 is 2.65 bits per heavy atom. The molecular weight excluding hydrogens is 324 g/mol. The van der Waals surface area contributed by atoms with Gasteiger partial charge in [-0.2, -0.15) is 0 Å². The average molecular weight is 342 g/mol. The second-order valence-electron chi connectivity index (χ2n) is 6.11. The zero-order valence-electron chi connectivity index (χ0n) is 14.2. The summed E-state index contributed by atoms with van der Waals surface area (Å²) in [7, 11) is 0. The Morgan fingerprint density at radius 1 is 0.923 bits per heavy atom. The number of benzene rings is 3. The summed E-state index contributed by atoms with van der Waals surface area (Å²) in [6, 6.07) is 22.9. The van der Waals surface area contributed by atoms with E-state index in [1.54, 1.807) is 6.08 Å². The summed E-state index contributed by atoms with van der Waals surface area (Å²) in [6.07, 6.45) is 4.27. The van der Waals surface area contributed by atoms with E-state index in [2.05, 4.69) is 0 Å².